The summed E-state index contributed by atoms with van der Waals surface area (Å²) in [6.07, 6.45) is 3.29. The lowest BCUT2D eigenvalue weighted by molar-refractivity contribution is -0.138. The maximum atomic E-state index is 6.71. The second kappa shape index (κ2) is 9.29. The minimum atomic E-state index is -1.96. The van der Waals surface area contributed by atoms with Gasteiger partial charge in [0.25, 0.3) is 0 Å². The van der Waals surface area contributed by atoms with Crippen molar-refractivity contribution in [3.8, 4) is 5.75 Å². The maximum Gasteiger partial charge on any atom is 0.220 e. The fraction of sp³-hybridized carbons (Fsp3) is 0.667. The van der Waals surface area contributed by atoms with Crippen molar-refractivity contribution in [3.05, 3.63) is 42.5 Å². The van der Waals surface area contributed by atoms with Gasteiger partial charge in [-0.25, -0.2) is 0 Å². The zero-order valence-electron chi connectivity index (χ0n) is 20.6. The molecular weight excluding hydrogens is 408 g/mol. The summed E-state index contributed by atoms with van der Waals surface area (Å²) in [5, 5.41) is 0.274. The van der Waals surface area contributed by atoms with Crippen LogP contribution in [-0.2, 0) is 13.6 Å². The van der Waals surface area contributed by atoms with Gasteiger partial charge < -0.3 is 18.3 Å². The molecule has 170 valence electrons. The summed E-state index contributed by atoms with van der Waals surface area (Å²) in [5.41, 5.74) is 0. The first-order valence-electron chi connectivity index (χ1n) is 11.0. The van der Waals surface area contributed by atoms with Gasteiger partial charge in [0.2, 0.25) is 6.29 Å². The van der Waals surface area contributed by atoms with Crippen LogP contribution in [0.3, 0.4) is 0 Å². The molecule has 1 aromatic rings. The minimum Gasteiger partial charge on any atom is -0.461 e. The van der Waals surface area contributed by atoms with Crippen molar-refractivity contribution in [3.63, 3.8) is 0 Å². The van der Waals surface area contributed by atoms with Crippen molar-refractivity contribution in [2.45, 2.75) is 96.3 Å². The Morgan fingerprint density at radius 3 is 1.93 bits per heavy atom. The Kier molecular flexibility index (Phi) is 7.84. The molecule has 0 aromatic heterocycles. The average molecular weight is 451 g/mol. The molecule has 3 atom stereocenters. The van der Waals surface area contributed by atoms with E-state index in [1.54, 1.807) is 0 Å². The third kappa shape index (κ3) is 6.53. The Hall–Kier alpha value is -0.926. The highest BCUT2D eigenvalue weighted by molar-refractivity contribution is 6.74. The van der Waals surface area contributed by atoms with Crippen molar-refractivity contribution >= 4 is 16.6 Å². The van der Waals surface area contributed by atoms with Crippen LogP contribution in [0.15, 0.2) is 42.5 Å². The first kappa shape index (κ1) is 25.3. The Balaban J connectivity index is 2.18. The molecule has 0 fully saturated rings. The summed E-state index contributed by atoms with van der Waals surface area (Å²) in [4.78, 5) is 0. The molecule has 0 radical (unpaired) electrons. The number of benzene rings is 1. The van der Waals surface area contributed by atoms with Crippen molar-refractivity contribution in [2.75, 3.05) is 6.61 Å². The predicted octanol–water partition coefficient (Wildman–Crippen LogP) is 6.76. The summed E-state index contributed by atoms with van der Waals surface area (Å²) in [5.74, 6) is 0.792. The van der Waals surface area contributed by atoms with E-state index in [-0.39, 0.29) is 22.3 Å². The van der Waals surface area contributed by atoms with E-state index >= 15 is 0 Å². The monoisotopic (exact) mass is 450 g/mol. The third-order valence-electron chi connectivity index (χ3n) is 6.78. The van der Waals surface area contributed by atoms with Gasteiger partial charge in [-0.1, -0.05) is 65.8 Å². The van der Waals surface area contributed by atoms with E-state index in [2.05, 4.69) is 73.8 Å². The van der Waals surface area contributed by atoms with Crippen molar-refractivity contribution in [1.82, 2.24) is 0 Å². The normalized spacial score (nSPS) is 23.5. The molecular formula is C24H42O4Si2. The first-order chi connectivity index (χ1) is 13.6. The number of rotatable bonds is 7. The van der Waals surface area contributed by atoms with E-state index in [9.17, 15) is 0 Å². The second-order valence-electron chi connectivity index (χ2n) is 11.3. The Morgan fingerprint density at radius 2 is 1.40 bits per heavy atom. The van der Waals surface area contributed by atoms with Crippen LogP contribution >= 0.6 is 0 Å². The highest BCUT2D eigenvalue weighted by Gasteiger charge is 2.43. The fourth-order valence-electron chi connectivity index (χ4n) is 2.59. The van der Waals surface area contributed by atoms with Crippen molar-refractivity contribution in [2.24, 2.45) is 0 Å². The van der Waals surface area contributed by atoms with Crippen LogP contribution in [0.25, 0.3) is 0 Å². The van der Waals surface area contributed by atoms with Crippen LogP contribution in [-0.4, -0.2) is 41.7 Å². The van der Waals surface area contributed by atoms with Gasteiger partial charge >= 0.3 is 0 Å². The van der Waals surface area contributed by atoms with Crippen LogP contribution < -0.4 is 4.74 Å². The van der Waals surface area contributed by atoms with Crippen LogP contribution in [0.4, 0.5) is 0 Å². The molecule has 0 bridgehead atoms. The van der Waals surface area contributed by atoms with Gasteiger partial charge in [-0.15, -0.1) is 0 Å². The average Bonchev–Trinajstić information content (AvgIpc) is 2.60. The van der Waals surface area contributed by atoms with E-state index in [1.165, 1.54) is 0 Å². The molecule has 3 unspecified atom stereocenters. The molecule has 0 aliphatic carbocycles. The lowest BCUT2D eigenvalue weighted by atomic mass is 10.1. The zero-order valence-corrected chi connectivity index (χ0v) is 22.6. The number of hydrogen-bond donors (Lipinski definition) is 0. The van der Waals surface area contributed by atoms with Gasteiger partial charge in [0.15, 0.2) is 16.6 Å². The van der Waals surface area contributed by atoms with Crippen LogP contribution in [0.2, 0.25) is 36.3 Å². The van der Waals surface area contributed by atoms with E-state index in [1.807, 2.05) is 36.4 Å². The van der Waals surface area contributed by atoms with Crippen LogP contribution in [0, 0.1) is 0 Å². The Labute approximate surface area is 186 Å². The van der Waals surface area contributed by atoms with Crippen molar-refractivity contribution in [1.29, 1.82) is 0 Å². The molecule has 0 saturated carbocycles. The molecule has 30 heavy (non-hydrogen) atoms. The molecule has 1 aliphatic heterocycles. The molecule has 2 rings (SSSR count). The topological polar surface area (TPSA) is 36.9 Å². The number of ether oxygens (including phenoxy) is 2. The van der Waals surface area contributed by atoms with Gasteiger partial charge in [0.05, 0.1) is 12.7 Å². The molecule has 0 saturated heterocycles. The predicted molar refractivity (Wildman–Crippen MR) is 130 cm³/mol. The van der Waals surface area contributed by atoms with Gasteiger partial charge in [-0.2, -0.15) is 0 Å². The summed E-state index contributed by atoms with van der Waals surface area (Å²) < 4.78 is 25.6. The van der Waals surface area contributed by atoms with E-state index in [0.29, 0.717) is 6.61 Å². The van der Waals surface area contributed by atoms with Crippen LogP contribution in [0.1, 0.15) is 41.5 Å². The highest BCUT2D eigenvalue weighted by atomic mass is 28.4. The van der Waals surface area contributed by atoms with E-state index in [4.69, 9.17) is 18.3 Å². The highest BCUT2D eigenvalue weighted by Crippen LogP contribution is 2.40. The largest absolute Gasteiger partial charge is 0.461 e. The fourth-order valence-corrected chi connectivity index (χ4v) is 4.87. The molecule has 0 N–H and O–H groups in total. The molecule has 1 aromatic carbocycles. The summed E-state index contributed by atoms with van der Waals surface area (Å²) in [6.45, 7) is 23.1. The van der Waals surface area contributed by atoms with Gasteiger partial charge in [0, 0.05) is 0 Å². The molecule has 0 amide bonds. The number of hydrogen-bond acceptors (Lipinski definition) is 4. The van der Waals surface area contributed by atoms with E-state index < -0.39 is 22.9 Å². The summed E-state index contributed by atoms with van der Waals surface area (Å²) in [7, 11) is -3.86. The maximum absolute atomic E-state index is 6.71. The second-order valence-corrected chi connectivity index (χ2v) is 20.8. The Morgan fingerprint density at radius 1 is 0.833 bits per heavy atom. The molecule has 1 heterocycles. The molecule has 1 aliphatic rings. The Bertz CT molecular complexity index is 702. The number of para-hydroxylation sites is 1. The molecule has 4 nitrogen and oxygen atoms in total. The summed E-state index contributed by atoms with van der Waals surface area (Å²) in [6, 6.07) is 9.78. The van der Waals surface area contributed by atoms with Gasteiger partial charge in [-0.05, 0) is 54.5 Å². The summed E-state index contributed by atoms with van der Waals surface area (Å²) >= 11 is 0. The van der Waals surface area contributed by atoms with Crippen LogP contribution in [0.5, 0.6) is 5.75 Å². The van der Waals surface area contributed by atoms with Gasteiger partial charge in [-0.3, -0.25) is 0 Å². The lowest BCUT2D eigenvalue weighted by Crippen LogP contribution is -2.52. The quantitative estimate of drug-likeness (QED) is 0.340. The first-order valence-corrected chi connectivity index (χ1v) is 16.8. The van der Waals surface area contributed by atoms with E-state index in [0.717, 1.165) is 5.75 Å². The standard InChI is InChI=1S/C24H42O4Si2/c1-23(2,3)29(7,8)25-18-21-20(28-30(9,10)24(4,5)6)16-17-22(27-21)26-19-14-12-11-13-15-19/h11-17,20-22H,18H2,1-10H3. The zero-order chi connectivity index (χ0) is 22.8. The third-order valence-corrected chi connectivity index (χ3v) is 15.8. The van der Waals surface area contributed by atoms with Gasteiger partial charge in [0.1, 0.15) is 11.9 Å². The minimum absolute atomic E-state index is 0.128. The van der Waals surface area contributed by atoms with Crippen molar-refractivity contribution < 1.29 is 18.3 Å². The smallest absolute Gasteiger partial charge is 0.220 e. The molecule has 6 heteroatoms. The molecule has 0 spiro atoms. The SMILES string of the molecule is CC(C)(C)[Si](C)(C)OCC1OC(Oc2ccccc2)C=CC1O[Si](C)(C)C(C)(C)C. The lowest BCUT2D eigenvalue weighted by Gasteiger charge is -2.43.